The van der Waals surface area contributed by atoms with Gasteiger partial charge < -0.3 is 9.88 Å². The monoisotopic (exact) mass is 304 g/mol. The van der Waals surface area contributed by atoms with E-state index in [0.29, 0.717) is 17.5 Å². The maximum Gasteiger partial charge on any atom is 0.254 e. The van der Waals surface area contributed by atoms with Gasteiger partial charge in [0, 0.05) is 29.9 Å². The Hall–Kier alpha value is -1.58. The number of hydrogen-bond donors (Lipinski definition) is 1. The highest BCUT2D eigenvalue weighted by Gasteiger charge is 2.27. The summed E-state index contributed by atoms with van der Waals surface area (Å²) in [5.41, 5.74) is 1.17. The van der Waals surface area contributed by atoms with E-state index in [1.807, 2.05) is 17.9 Å². The molecule has 1 aromatic rings. The fraction of sp³-hybridized carbons (Fsp3) is 0.667. The summed E-state index contributed by atoms with van der Waals surface area (Å²) < 4.78 is 0. The minimum absolute atomic E-state index is 0.0152. The summed E-state index contributed by atoms with van der Waals surface area (Å²) in [6.45, 7) is 7.01. The highest BCUT2D eigenvalue weighted by atomic mass is 16.2. The molecule has 122 valence electrons. The number of rotatable bonds is 5. The molecule has 1 amide bonds. The molecule has 1 aliphatic carbocycles. The number of H-pyrrole nitrogens is 1. The molecule has 1 aliphatic rings. The Morgan fingerprint density at radius 2 is 1.95 bits per heavy atom. The van der Waals surface area contributed by atoms with Crippen molar-refractivity contribution in [1.29, 1.82) is 0 Å². The Balaban J connectivity index is 2.27. The number of aromatic nitrogens is 1. The number of nitrogens with one attached hydrogen (secondary N) is 1. The summed E-state index contributed by atoms with van der Waals surface area (Å²) in [6.07, 6.45) is 6.56. The molecule has 0 radical (unpaired) electrons. The van der Waals surface area contributed by atoms with Crippen molar-refractivity contribution < 1.29 is 4.79 Å². The number of amides is 1. The molecule has 0 spiro atoms. The molecule has 1 N–H and O–H groups in total. The fourth-order valence-electron chi connectivity index (χ4n) is 3.26. The fourth-order valence-corrected chi connectivity index (χ4v) is 3.26. The smallest absolute Gasteiger partial charge is 0.254 e. The van der Waals surface area contributed by atoms with E-state index in [0.717, 1.165) is 31.5 Å². The summed E-state index contributed by atoms with van der Waals surface area (Å²) in [6, 6.07) is 3.60. The van der Waals surface area contributed by atoms with Gasteiger partial charge in [-0.3, -0.25) is 9.59 Å². The third-order valence-electron chi connectivity index (χ3n) is 4.37. The summed E-state index contributed by atoms with van der Waals surface area (Å²) in [5, 5.41) is 0. The molecule has 4 heteroatoms. The lowest BCUT2D eigenvalue weighted by Gasteiger charge is -2.35. The molecule has 0 aromatic carbocycles. The Kier molecular flexibility index (Phi) is 5.81. The number of carbonyl (C=O) groups excluding carboxylic acids is 1. The van der Waals surface area contributed by atoms with E-state index in [9.17, 15) is 9.59 Å². The number of aryl methyl sites for hydroxylation is 1. The summed E-state index contributed by atoms with van der Waals surface area (Å²) in [5.74, 6) is 0.444. The van der Waals surface area contributed by atoms with E-state index in [-0.39, 0.29) is 11.5 Å². The molecular weight excluding hydrogens is 276 g/mol. The maximum absolute atomic E-state index is 13.0. The van der Waals surface area contributed by atoms with Gasteiger partial charge in [0.1, 0.15) is 0 Å². The zero-order chi connectivity index (χ0) is 16.1. The molecular formula is C18H28N2O2. The molecule has 0 bridgehead atoms. The average Bonchev–Trinajstić information content (AvgIpc) is 2.52. The minimum atomic E-state index is -0.184. The first-order valence-electron chi connectivity index (χ1n) is 8.55. The van der Waals surface area contributed by atoms with E-state index in [1.54, 1.807) is 0 Å². The van der Waals surface area contributed by atoms with Crippen molar-refractivity contribution in [2.75, 3.05) is 6.54 Å². The molecule has 1 fully saturated rings. The summed E-state index contributed by atoms with van der Waals surface area (Å²) in [7, 11) is 0. The molecule has 0 unspecified atom stereocenters. The van der Waals surface area contributed by atoms with Crippen LogP contribution >= 0.6 is 0 Å². The second kappa shape index (κ2) is 7.61. The zero-order valence-electron chi connectivity index (χ0n) is 14.0. The molecule has 1 heterocycles. The average molecular weight is 304 g/mol. The van der Waals surface area contributed by atoms with Crippen LogP contribution in [0.3, 0.4) is 0 Å². The number of aromatic amines is 1. The van der Waals surface area contributed by atoms with E-state index in [1.165, 1.54) is 25.3 Å². The summed E-state index contributed by atoms with van der Waals surface area (Å²) >= 11 is 0. The first-order valence-corrected chi connectivity index (χ1v) is 8.55. The Bertz CT molecular complexity index is 556. The number of nitrogens with zero attached hydrogens (tertiary/aromatic N) is 1. The van der Waals surface area contributed by atoms with Gasteiger partial charge in [-0.05, 0) is 31.2 Å². The number of pyridine rings is 1. The van der Waals surface area contributed by atoms with Gasteiger partial charge in [0.25, 0.3) is 5.91 Å². The molecule has 0 aliphatic heterocycles. The molecule has 1 aromatic heterocycles. The van der Waals surface area contributed by atoms with Crippen molar-refractivity contribution in [2.45, 2.75) is 65.3 Å². The third-order valence-corrected chi connectivity index (χ3v) is 4.37. The van der Waals surface area contributed by atoms with Gasteiger partial charge >= 0.3 is 0 Å². The topological polar surface area (TPSA) is 53.2 Å². The first-order chi connectivity index (χ1) is 10.5. The van der Waals surface area contributed by atoms with Crippen molar-refractivity contribution in [2.24, 2.45) is 5.92 Å². The van der Waals surface area contributed by atoms with Crippen LogP contribution in [-0.2, 0) is 6.42 Å². The van der Waals surface area contributed by atoms with Crippen LogP contribution in [-0.4, -0.2) is 28.4 Å². The lowest BCUT2D eigenvalue weighted by Crippen LogP contribution is -2.43. The maximum atomic E-state index is 13.0. The molecule has 2 rings (SSSR count). The Morgan fingerprint density at radius 1 is 1.27 bits per heavy atom. The van der Waals surface area contributed by atoms with Crippen molar-refractivity contribution in [3.63, 3.8) is 0 Å². The Labute approximate surface area is 132 Å². The highest BCUT2D eigenvalue weighted by molar-refractivity contribution is 5.94. The molecule has 1 saturated carbocycles. The Morgan fingerprint density at radius 3 is 2.55 bits per heavy atom. The van der Waals surface area contributed by atoms with Gasteiger partial charge in [0.15, 0.2) is 0 Å². The first kappa shape index (κ1) is 16.8. The predicted octanol–water partition coefficient (Wildman–Crippen LogP) is 3.37. The van der Waals surface area contributed by atoms with E-state index in [2.05, 4.69) is 18.8 Å². The van der Waals surface area contributed by atoms with Gasteiger partial charge in [-0.15, -0.1) is 0 Å². The second-order valence-electron chi connectivity index (χ2n) is 6.76. The zero-order valence-corrected chi connectivity index (χ0v) is 14.0. The normalized spacial score (nSPS) is 16.0. The van der Waals surface area contributed by atoms with Crippen LogP contribution in [0.15, 0.2) is 16.9 Å². The van der Waals surface area contributed by atoms with E-state index >= 15 is 0 Å². The molecule has 22 heavy (non-hydrogen) atoms. The van der Waals surface area contributed by atoms with Crippen LogP contribution in [0.25, 0.3) is 0 Å². The van der Waals surface area contributed by atoms with Gasteiger partial charge in [-0.25, -0.2) is 0 Å². The SMILES string of the molecule is CCc1cc(C(=O)N(CC(C)C)C2CCCCC2)cc(=O)[nH]1. The van der Waals surface area contributed by atoms with Gasteiger partial charge in [0.05, 0.1) is 0 Å². The lowest BCUT2D eigenvalue weighted by molar-refractivity contribution is 0.0604. The molecule has 4 nitrogen and oxygen atoms in total. The lowest BCUT2D eigenvalue weighted by atomic mass is 9.93. The quantitative estimate of drug-likeness (QED) is 0.906. The van der Waals surface area contributed by atoms with Gasteiger partial charge in [-0.1, -0.05) is 40.0 Å². The number of hydrogen-bond acceptors (Lipinski definition) is 2. The van der Waals surface area contributed by atoms with E-state index in [4.69, 9.17) is 0 Å². The number of carbonyl (C=O) groups is 1. The van der Waals surface area contributed by atoms with Crippen LogP contribution in [0.5, 0.6) is 0 Å². The minimum Gasteiger partial charge on any atom is -0.335 e. The summed E-state index contributed by atoms with van der Waals surface area (Å²) in [4.78, 5) is 29.5. The van der Waals surface area contributed by atoms with Crippen LogP contribution < -0.4 is 5.56 Å². The largest absolute Gasteiger partial charge is 0.335 e. The van der Waals surface area contributed by atoms with Crippen LogP contribution in [0, 0.1) is 5.92 Å². The molecule has 0 atom stereocenters. The van der Waals surface area contributed by atoms with Crippen molar-refractivity contribution in [1.82, 2.24) is 9.88 Å². The standard InChI is InChI=1S/C18H28N2O2/c1-4-15-10-14(11-17(21)19-15)18(22)20(12-13(2)3)16-8-6-5-7-9-16/h10-11,13,16H,4-9,12H2,1-3H3,(H,19,21). The van der Waals surface area contributed by atoms with Crippen LogP contribution in [0.4, 0.5) is 0 Å². The predicted molar refractivity (Wildman–Crippen MR) is 89.2 cm³/mol. The second-order valence-corrected chi connectivity index (χ2v) is 6.76. The van der Waals surface area contributed by atoms with Crippen molar-refractivity contribution >= 4 is 5.91 Å². The van der Waals surface area contributed by atoms with Crippen molar-refractivity contribution in [3.8, 4) is 0 Å². The molecule has 0 saturated heterocycles. The van der Waals surface area contributed by atoms with E-state index < -0.39 is 0 Å². The van der Waals surface area contributed by atoms with Crippen LogP contribution in [0.2, 0.25) is 0 Å². The third kappa shape index (κ3) is 4.21. The van der Waals surface area contributed by atoms with Crippen molar-refractivity contribution in [3.05, 3.63) is 33.7 Å². The van der Waals surface area contributed by atoms with Crippen LogP contribution in [0.1, 0.15) is 68.9 Å². The van der Waals surface area contributed by atoms with Gasteiger partial charge in [-0.2, -0.15) is 0 Å². The van der Waals surface area contributed by atoms with Gasteiger partial charge in [0.2, 0.25) is 5.56 Å². The highest BCUT2D eigenvalue weighted by Crippen LogP contribution is 2.24.